The normalized spacial score (nSPS) is 10.4. The number of hydrogen-bond acceptors (Lipinski definition) is 5. The summed E-state index contributed by atoms with van der Waals surface area (Å²) in [6.07, 6.45) is 3.72. The first-order chi connectivity index (χ1) is 13.8. The van der Waals surface area contributed by atoms with E-state index in [0.29, 0.717) is 11.1 Å². The molecule has 2 aromatic carbocycles. The van der Waals surface area contributed by atoms with Gasteiger partial charge in [0, 0.05) is 24.1 Å². The lowest BCUT2D eigenvalue weighted by Crippen LogP contribution is -2.21. The lowest BCUT2D eigenvalue weighted by molar-refractivity contribution is -0.384. The number of nitro benzene ring substituents is 1. The van der Waals surface area contributed by atoms with E-state index in [1.165, 1.54) is 12.1 Å². The zero-order valence-corrected chi connectivity index (χ0v) is 15.9. The van der Waals surface area contributed by atoms with Gasteiger partial charge in [0.25, 0.3) is 11.6 Å². The molecule has 1 N–H and O–H groups in total. The first-order valence-corrected chi connectivity index (χ1v) is 8.81. The molecule has 3 aromatic rings. The number of anilines is 1. The third kappa shape index (κ3) is 4.67. The molecular weight excluding hydrogens is 374 g/mol. The van der Waals surface area contributed by atoms with Gasteiger partial charge in [-0.25, -0.2) is 4.79 Å². The van der Waals surface area contributed by atoms with E-state index < -0.39 is 23.4 Å². The van der Waals surface area contributed by atoms with Crippen molar-refractivity contribution in [3.05, 3.63) is 87.7 Å². The number of benzene rings is 2. The Hall–Kier alpha value is -3.94. The highest BCUT2D eigenvalue weighted by molar-refractivity contribution is 5.97. The minimum atomic E-state index is -0.664. The topological polar surface area (TPSA) is 103 Å². The fourth-order valence-corrected chi connectivity index (χ4v) is 2.81. The molecule has 8 heteroatoms. The highest BCUT2D eigenvalue weighted by Gasteiger charge is 2.17. The van der Waals surface area contributed by atoms with Crippen LogP contribution in [0.25, 0.3) is 5.69 Å². The SMILES string of the molecule is Cc1ccc(NC(=O)COC(=O)c2ccc(C)c(-n3cccc3)c2)c([N+](=O)[O-])c1. The molecule has 1 amide bonds. The molecule has 3 rings (SSSR count). The van der Waals surface area contributed by atoms with Crippen molar-refractivity contribution < 1.29 is 19.2 Å². The summed E-state index contributed by atoms with van der Waals surface area (Å²) in [5, 5.41) is 13.5. The maximum absolute atomic E-state index is 12.3. The Bertz CT molecular complexity index is 1070. The van der Waals surface area contributed by atoms with Gasteiger partial charge in [0.1, 0.15) is 5.69 Å². The van der Waals surface area contributed by atoms with Crippen LogP contribution in [0.1, 0.15) is 21.5 Å². The molecule has 1 heterocycles. The number of carbonyl (C=O) groups is 2. The summed E-state index contributed by atoms with van der Waals surface area (Å²) < 4.78 is 6.94. The lowest BCUT2D eigenvalue weighted by atomic mass is 10.1. The third-order valence-electron chi connectivity index (χ3n) is 4.29. The van der Waals surface area contributed by atoms with Crippen LogP contribution >= 0.6 is 0 Å². The Kier molecular flexibility index (Phi) is 5.73. The van der Waals surface area contributed by atoms with Gasteiger partial charge < -0.3 is 14.6 Å². The predicted octanol–water partition coefficient (Wildman–Crippen LogP) is 3.80. The van der Waals surface area contributed by atoms with E-state index in [1.807, 2.05) is 36.0 Å². The van der Waals surface area contributed by atoms with E-state index in [-0.39, 0.29) is 11.4 Å². The van der Waals surface area contributed by atoms with E-state index in [4.69, 9.17) is 4.74 Å². The van der Waals surface area contributed by atoms with Gasteiger partial charge in [-0.2, -0.15) is 0 Å². The van der Waals surface area contributed by atoms with Gasteiger partial charge in [-0.15, -0.1) is 0 Å². The molecule has 0 fully saturated rings. The van der Waals surface area contributed by atoms with Crippen molar-refractivity contribution in [3.63, 3.8) is 0 Å². The first-order valence-electron chi connectivity index (χ1n) is 8.81. The van der Waals surface area contributed by atoms with Crippen molar-refractivity contribution in [2.45, 2.75) is 13.8 Å². The van der Waals surface area contributed by atoms with Gasteiger partial charge in [0.2, 0.25) is 0 Å². The zero-order chi connectivity index (χ0) is 21.0. The second-order valence-electron chi connectivity index (χ2n) is 6.49. The average molecular weight is 393 g/mol. The van der Waals surface area contributed by atoms with E-state index in [9.17, 15) is 19.7 Å². The van der Waals surface area contributed by atoms with E-state index in [0.717, 1.165) is 11.3 Å². The van der Waals surface area contributed by atoms with Gasteiger partial charge in [-0.1, -0.05) is 12.1 Å². The molecule has 0 aliphatic heterocycles. The number of aryl methyl sites for hydroxylation is 2. The molecule has 0 radical (unpaired) electrons. The molecule has 0 bridgehead atoms. The number of esters is 1. The number of hydrogen-bond donors (Lipinski definition) is 1. The smallest absolute Gasteiger partial charge is 0.338 e. The molecule has 1 aromatic heterocycles. The number of carbonyl (C=O) groups excluding carboxylic acids is 2. The van der Waals surface area contributed by atoms with Gasteiger partial charge in [-0.3, -0.25) is 14.9 Å². The van der Waals surface area contributed by atoms with Crippen molar-refractivity contribution in [2.24, 2.45) is 0 Å². The molecule has 0 unspecified atom stereocenters. The molecular formula is C21H19N3O5. The summed E-state index contributed by atoms with van der Waals surface area (Å²) in [5.74, 6) is -1.32. The minimum absolute atomic E-state index is 0.0480. The summed E-state index contributed by atoms with van der Waals surface area (Å²) in [6, 6.07) is 13.3. The molecule has 8 nitrogen and oxygen atoms in total. The molecule has 148 valence electrons. The Labute approximate surface area is 166 Å². The number of nitrogens with one attached hydrogen (secondary N) is 1. The number of rotatable bonds is 6. The highest BCUT2D eigenvalue weighted by atomic mass is 16.6. The predicted molar refractivity (Wildman–Crippen MR) is 107 cm³/mol. The largest absolute Gasteiger partial charge is 0.452 e. The van der Waals surface area contributed by atoms with Crippen LogP contribution in [0.15, 0.2) is 60.9 Å². The summed E-state index contributed by atoms with van der Waals surface area (Å²) >= 11 is 0. The summed E-state index contributed by atoms with van der Waals surface area (Å²) in [6.45, 7) is 3.08. The zero-order valence-electron chi connectivity index (χ0n) is 15.9. The van der Waals surface area contributed by atoms with Gasteiger partial charge in [0.15, 0.2) is 6.61 Å². The maximum Gasteiger partial charge on any atom is 0.338 e. The van der Waals surface area contributed by atoms with E-state index >= 15 is 0 Å². The van der Waals surface area contributed by atoms with Crippen molar-refractivity contribution >= 4 is 23.3 Å². The quantitative estimate of drug-likeness (QED) is 0.390. The molecule has 0 atom stereocenters. The summed E-state index contributed by atoms with van der Waals surface area (Å²) in [4.78, 5) is 35.0. The van der Waals surface area contributed by atoms with Crippen molar-refractivity contribution in [1.29, 1.82) is 0 Å². The van der Waals surface area contributed by atoms with Crippen molar-refractivity contribution in [2.75, 3.05) is 11.9 Å². The van der Waals surface area contributed by atoms with Gasteiger partial charge in [0.05, 0.1) is 10.5 Å². The van der Waals surface area contributed by atoms with E-state index in [2.05, 4.69) is 5.32 Å². The molecule has 0 saturated heterocycles. The highest BCUT2D eigenvalue weighted by Crippen LogP contribution is 2.25. The summed E-state index contributed by atoms with van der Waals surface area (Å²) in [5.41, 5.74) is 2.62. The standard InChI is InChI=1S/C21H19N3O5/c1-14-5-8-17(19(11-14)24(27)28)22-20(25)13-29-21(26)16-7-6-15(2)18(12-16)23-9-3-4-10-23/h3-12H,13H2,1-2H3,(H,22,25). The Morgan fingerprint density at radius 1 is 1.10 bits per heavy atom. The number of nitro groups is 1. The Morgan fingerprint density at radius 2 is 1.83 bits per heavy atom. The summed E-state index contributed by atoms with van der Waals surface area (Å²) in [7, 11) is 0. The molecule has 0 spiro atoms. The van der Waals surface area contributed by atoms with Crippen molar-refractivity contribution in [1.82, 2.24) is 4.57 Å². The number of ether oxygens (including phenoxy) is 1. The second kappa shape index (κ2) is 8.39. The van der Waals surface area contributed by atoms with Crippen LogP contribution in [-0.2, 0) is 9.53 Å². The fraction of sp³-hybridized carbons (Fsp3) is 0.143. The average Bonchev–Trinajstić information content (AvgIpc) is 3.22. The number of nitrogens with zero attached hydrogens (tertiary/aromatic N) is 2. The first kappa shape index (κ1) is 19.8. The van der Waals surface area contributed by atoms with Crippen LogP contribution in [0.3, 0.4) is 0 Å². The van der Waals surface area contributed by atoms with Crippen molar-refractivity contribution in [3.8, 4) is 5.69 Å². The van der Waals surface area contributed by atoms with E-state index in [1.54, 1.807) is 31.2 Å². The molecule has 0 aliphatic rings. The fourth-order valence-electron chi connectivity index (χ4n) is 2.81. The maximum atomic E-state index is 12.3. The van der Waals surface area contributed by atoms with Crippen LogP contribution < -0.4 is 5.32 Å². The number of amides is 1. The minimum Gasteiger partial charge on any atom is -0.452 e. The molecule has 0 saturated carbocycles. The third-order valence-corrected chi connectivity index (χ3v) is 4.29. The Balaban J connectivity index is 1.66. The second-order valence-corrected chi connectivity index (χ2v) is 6.49. The number of aromatic nitrogens is 1. The van der Waals surface area contributed by atoms with Crippen LogP contribution in [0.5, 0.6) is 0 Å². The molecule has 0 aliphatic carbocycles. The lowest BCUT2D eigenvalue weighted by Gasteiger charge is -2.11. The van der Waals surface area contributed by atoms with Crippen LogP contribution in [0.4, 0.5) is 11.4 Å². The Morgan fingerprint density at radius 3 is 2.52 bits per heavy atom. The van der Waals surface area contributed by atoms with Crippen LogP contribution in [0, 0.1) is 24.0 Å². The van der Waals surface area contributed by atoms with Gasteiger partial charge >= 0.3 is 5.97 Å². The van der Waals surface area contributed by atoms with Crippen LogP contribution in [-0.4, -0.2) is 28.0 Å². The monoisotopic (exact) mass is 393 g/mol. The molecule has 29 heavy (non-hydrogen) atoms. The van der Waals surface area contributed by atoms with Gasteiger partial charge in [-0.05, 0) is 55.3 Å². The van der Waals surface area contributed by atoms with Crippen LogP contribution in [0.2, 0.25) is 0 Å².